The number of Topliss-reactive ketones (excluding diaryl/α,β-unsaturated/α-hetero) is 1. The molecule has 2 heterocycles. The van der Waals surface area contributed by atoms with Gasteiger partial charge in [0.15, 0.2) is 5.78 Å². The number of amides is 2. The number of thiophene rings is 1. The smallest absolute Gasteiger partial charge is 0.225 e. The van der Waals surface area contributed by atoms with E-state index in [2.05, 4.69) is 17.4 Å². The maximum atomic E-state index is 12.4. The topological polar surface area (TPSA) is 66.5 Å². The molecule has 27 heavy (non-hydrogen) atoms. The van der Waals surface area contributed by atoms with Gasteiger partial charge in [0.1, 0.15) is 0 Å². The monoisotopic (exact) mass is 382 g/mol. The van der Waals surface area contributed by atoms with Gasteiger partial charge < -0.3 is 10.2 Å². The molecule has 0 spiro atoms. The number of rotatable bonds is 7. The van der Waals surface area contributed by atoms with E-state index < -0.39 is 0 Å². The van der Waals surface area contributed by atoms with E-state index in [9.17, 15) is 14.4 Å². The minimum Gasteiger partial charge on any atom is -0.351 e. The van der Waals surface area contributed by atoms with E-state index in [0.717, 1.165) is 6.42 Å². The number of carbonyl (C=O) groups is 3. The van der Waals surface area contributed by atoms with Gasteiger partial charge in [-0.1, -0.05) is 36.4 Å². The molecule has 1 aliphatic heterocycles. The third kappa shape index (κ3) is 4.11. The molecule has 3 unspecified atom stereocenters. The minimum absolute atomic E-state index is 0.00652. The number of hydrogen-bond acceptors (Lipinski definition) is 4. The van der Waals surface area contributed by atoms with Gasteiger partial charge in [0.25, 0.3) is 0 Å². The fourth-order valence-electron chi connectivity index (χ4n) is 3.82. The van der Waals surface area contributed by atoms with Gasteiger partial charge in [-0.2, -0.15) is 0 Å². The second-order valence-corrected chi connectivity index (χ2v) is 8.18. The van der Waals surface area contributed by atoms with Crippen molar-refractivity contribution in [3.05, 3.63) is 58.3 Å². The number of hydrogen-bond donors (Lipinski definition) is 1. The SMILES string of the molecule is O=C(CCC(=O)c1cccs1)NC1CC(=O)N(C2CC2c2ccccc2)C1. The summed E-state index contributed by atoms with van der Waals surface area (Å²) in [6.07, 6.45) is 1.71. The average molecular weight is 382 g/mol. The molecule has 2 aromatic rings. The molecule has 5 nitrogen and oxygen atoms in total. The predicted octanol–water partition coefficient (Wildman–Crippen LogP) is 2.98. The Morgan fingerprint density at radius 1 is 1.11 bits per heavy atom. The molecule has 1 saturated carbocycles. The van der Waals surface area contributed by atoms with Crippen molar-refractivity contribution >= 4 is 28.9 Å². The van der Waals surface area contributed by atoms with Crippen molar-refractivity contribution in [1.29, 1.82) is 0 Å². The molecule has 1 aromatic heterocycles. The number of benzene rings is 1. The van der Waals surface area contributed by atoms with E-state index in [1.807, 2.05) is 34.5 Å². The van der Waals surface area contributed by atoms with E-state index in [1.165, 1.54) is 16.9 Å². The molecule has 2 amide bonds. The second-order valence-electron chi connectivity index (χ2n) is 7.24. The van der Waals surface area contributed by atoms with Crippen LogP contribution in [0.4, 0.5) is 0 Å². The predicted molar refractivity (Wildman–Crippen MR) is 104 cm³/mol. The van der Waals surface area contributed by atoms with Crippen molar-refractivity contribution < 1.29 is 14.4 Å². The van der Waals surface area contributed by atoms with Crippen LogP contribution in [0.25, 0.3) is 0 Å². The first-order valence-electron chi connectivity index (χ1n) is 9.32. The first-order valence-corrected chi connectivity index (χ1v) is 10.2. The van der Waals surface area contributed by atoms with Crippen LogP contribution in [-0.4, -0.2) is 41.1 Å². The third-order valence-electron chi connectivity index (χ3n) is 5.28. The van der Waals surface area contributed by atoms with Crippen molar-refractivity contribution in [2.45, 2.75) is 43.7 Å². The Bertz CT molecular complexity index is 834. The van der Waals surface area contributed by atoms with Crippen molar-refractivity contribution in [3.63, 3.8) is 0 Å². The zero-order valence-electron chi connectivity index (χ0n) is 15.0. The Morgan fingerprint density at radius 2 is 1.93 bits per heavy atom. The first-order chi connectivity index (χ1) is 13.1. The van der Waals surface area contributed by atoms with Crippen molar-refractivity contribution in [2.24, 2.45) is 0 Å². The molecule has 1 saturated heterocycles. The molecule has 1 aromatic carbocycles. The lowest BCUT2D eigenvalue weighted by Gasteiger charge is -2.17. The van der Waals surface area contributed by atoms with Crippen molar-refractivity contribution in [1.82, 2.24) is 10.2 Å². The highest BCUT2D eigenvalue weighted by molar-refractivity contribution is 7.12. The van der Waals surface area contributed by atoms with Crippen molar-refractivity contribution in [2.75, 3.05) is 6.54 Å². The van der Waals surface area contributed by atoms with Gasteiger partial charge in [-0.05, 0) is 23.4 Å². The Balaban J connectivity index is 1.25. The van der Waals surface area contributed by atoms with E-state index >= 15 is 0 Å². The Morgan fingerprint density at radius 3 is 2.67 bits per heavy atom. The Hall–Kier alpha value is -2.47. The van der Waals surface area contributed by atoms with Gasteiger partial charge in [-0.3, -0.25) is 14.4 Å². The number of carbonyl (C=O) groups excluding carboxylic acids is 3. The van der Waals surface area contributed by atoms with Gasteiger partial charge in [-0.15, -0.1) is 11.3 Å². The second kappa shape index (κ2) is 7.64. The molecule has 2 fully saturated rings. The highest BCUT2D eigenvalue weighted by atomic mass is 32.1. The van der Waals surface area contributed by atoms with Gasteiger partial charge in [0.2, 0.25) is 11.8 Å². The quantitative estimate of drug-likeness (QED) is 0.749. The Labute approximate surface area is 162 Å². The standard InChI is InChI=1S/C21H22N2O3S/c24-18(19-7-4-10-27-19)8-9-20(25)22-15-11-21(26)23(13-15)17-12-16(17)14-5-2-1-3-6-14/h1-7,10,15-17H,8-9,11-13H2,(H,22,25). The molecule has 3 atom stereocenters. The summed E-state index contributed by atoms with van der Waals surface area (Å²) in [5.41, 5.74) is 1.27. The normalized spacial score (nSPS) is 24.1. The molecule has 0 bridgehead atoms. The summed E-state index contributed by atoms with van der Waals surface area (Å²) in [5, 5.41) is 4.78. The molecular formula is C21H22N2O3S. The zero-order valence-corrected chi connectivity index (χ0v) is 15.8. The van der Waals surface area contributed by atoms with Crippen LogP contribution in [-0.2, 0) is 9.59 Å². The number of ketones is 1. The lowest BCUT2D eigenvalue weighted by molar-refractivity contribution is -0.128. The van der Waals surface area contributed by atoms with E-state index in [4.69, 9.17) is 0 Å². The molecule has 140 valence electrons. The summed E-state index contributed by atoms with van der Waals surface area (Å²) in [6.45, 7) is 0.567. The number of likely N-dealkylation sites (tertiary alicyclic amines) is 1. The summed E-state index contributed by atoms with van der Waals surface area (Å²) in [7, 11) is 0. The van der Waals surface area contributed by atoms with Gasteiger partial charge in [-0.25, -0.2) is 0 Å². The van der Waals surface area contributed by atoms with E-state index in [0.29, 0.717) is 23.8 Å². The van der Waals surface area contributed by atoms with Crippen LogP contribution in [0.5, 0.6) is 0 Å². The zero-order chi connectivity index (χ0) is 18.8. The number of nitrogens with zero attached hydrogens (tertiary/aromatic N) is 1. The van der Waals surface area contributed by atoms with E-state index in [1.54, 1.807) is 6.07 Å². The van der Waals surface area contributed by atoms with Crippen molar-refractivity contribution in [3.8, 4) is 0 Å². The minimum atomic E-state index is -0.157. The molecule has 6 heteroatoms. The maximum Gasteiger partial charge on any atom is 0.225 e. The van der Waals surface area contributed by atoms with Crippen LogP contribution in [0.3, 0.4) is 0 Å². The maximum absolute atomic E-state index is 12.4. The van der Waals surface area contributed by atoms with Crippen LogP contribution in [0.15, 0.2) is 47.8 Å². The fraction of sp³-hybridized carbons (Fsp3) is 0.381. The fourth-order valence-corrected chi connectivity index (χ4v) is 4.52. The molecule has 1 aliphatic carbocycles. The lowest BCUT2D eigenvalue weighted by atomic mass is 10.1. The van der Waals surface area contributed by atoms with Gasteiger partial charge in [0, 0.05) is 37.8 Å². The van der Waals surface area contributed by atoms with Crippen LogP contribution < -0.4 is 5.32 Å². The largest absolute Gasteiger partial charge is 0.351 e. The summed E-state index contributed by atoms with van der Waals surface area (Å²) < 4.78 is 0. The molecule has 0 radical (unpaired) electrons. The van der Waals surface area contributed by atoms with Crippen LogP contribution in [0.1, 0.15) is 46.8 Å². The highest BCUT2D eigenvalue weighted by Crippen LogP contribution is 2.45. The van der Waals surface area contributed by atoms with Crippen LogP contribution in [0, 0.1) is 0 Å². The molecular weight excluding hydrogens is 360 g/mol. The summed E-state index contributed by atoms with van der Waals surface area (Å²) in [4.78, 5) is 39.1. The number of nitrogens with one attached hydrogen (secondary N) is 1. The summed E-state index contributed by atoms with van der Waals surface area (Å²) >= 11 is 1.39. The Kier molecular flexibility index (Phi) is 5.07. The first kappa shape index (κ1) is 17.9. The van der Waals surface area contributed by atoms with E-state index in [-0.39, 0.29) is 42.5 Å². The highest BCUT2D eigenvalue weighted by Gasteiger charge is 2.47. The van der Waals surface area contributed by atoms with Gasteiger partial charge >= 0.3 is 0 Å². The average Bonchev–Trinajstić information content (AvgIpc) is 3.09. The lowest BCUT2D eigenvalue weighted by Crippen LogP contribution is -2.37. The van der Waals surface area contributed by atoms with Gasteiger partial charge in [0.05, 0.1) is 10.9 Å². The van der Waals surface area contributed by atoms with Crippen LogP contribution in [0.2, 0.25) is 0 Å². The third-order valence-corrected chi connectivity index (χ3v) is 6.19. The summed E-state index contributed by atoms with van der Waals surface area (Å²) in [6, 6.07) is 14.0. The molecule has 2 aliphatic rings. The molecule has 1 N–H and O–H groups in total. The van der Waals surface area contributed by atoms with Crippen LogP contribution >= 0.6 is 11.3 Å². The molecule has 4 rings (SSSR count). The summed E-state index contributed by atoms with van der Waals surface area (Å²) in [5.74, 6) is 0.356.